The fourth-order valence-electron chi connectivity index (χ4n) is 8.40. The molecule has 2 saturated carbocycles. The van der Waals surface area contributed by atoms with Crippen molar-refractivity contribution in [1.82, 2.24) is 29.1 Å². The fraction of sp³-hybridized carbons (Fsp3) is 0.523. The number of carbonyl (C=O) groups excluding carboxylic acids is 4. The molecule has 2 saturated heterocycles. The number of pyridine rings is 1. The van der Waals surface area contributed by atoms with Crippen molar-refractivity contribution in [3.05, 3.63) is 67.3 Å². The molecule has 0 spiro atoms. The Labute approximate surface area is 363 Å². The van der Waals surface area contributed by atoms with Gasteiger partial charge in [-0.15, -0.1) is 6.58 Å². The van der Waals surface area contributed by atoms with Crippen molar-refractivity contribution in [2.24, 2.45) is 17.3 Å². The number of methoxy groups -OCH3 is 1. The van der Waals surface area contributed by atoms with E-state index in [1.54, 1.807) is 31.1 Å². The number of benzene rings is 2. The van der Waals surface area contributed by atoms with E-state index in [1.165, 1.54) is 15.3 Å². The van der Waals surface area contributed by atoms with Gasteiger partial charge in [0.1, 0.15) is 29.2 Å². The van der Waals surface area contributed by atoms with Gasteiger partial charge in [0.25, 0.3) is 5.91 Å². The Balaban J connectivity index is 1.19. The maximum Gasteiger partial charge on any atom is 0.259 e. The summed E-state index contributed by atoms with van der Waals surface area (Å²) in [7, 11) is -5.81. The largest absolute Gasteiger partial charge is 0.497 e. The Bertz CT molecular complexity index is 2470. The van der Waals surface area contributed by atoms with Crippen LogP contribution in [-0.2, 0) is 39.2 Å². The van der Waals surface area contributed by atoms with Crippen LogP contribution in [0.2, 0.25) is 0 Å². The Hall–Kier alpha value is -5.07. The van der Waals surface area contributed by atoms with Crippen LogP contribution in [0.5, 0.6) is 11.5 Å². The van der Waals surface area contributed by atoms with Gasteiger partial charge in [-0.2, -0.15) is 4.31 Å². The van der Waals surface area contributed by atoms with Gasteiger partial charge in [-0.3, -0.25) is 23.9 Å². The maximum atomic E-state index is 15.0. The Kier molecular flexibility index (Phi) is 12.5. The highest BCUT2D eigenvalue weighted by Crippen LogP contribution is 2.46. The van der Waals surface area contributed by atoms with Gasteiger partial charge in [-0.25, -0.2) is 21.8 Å². The van der Waals surface area contributed by atoms with Crippen molar-refractivity contribution < 1.29 is 45.5 Å². The first kappa shape index (κ1) is 45.0. The molecule has 4 fully saturated rings. The topological polar surface area (TPSA) is 202 Å². The minimum absolute atomic E-state index is 0.00765. The Morgan fingerprint density at radius 2 is 1.69 bits per heavy atom. The molecule has 2 N–H and O–H groups in total. The monoisotopic (exact) mass is 892 g/mol. The van der Waals surface area contributed by atoms with E-state index in [0.717, 1.165) is 5.56 Å². The minimum Gasteiger partial charge on any atom is -0.497 e. The maximum absolute atomic E-state index is 15.0. The summed E-state index contributed by atoms with van der Waals surface area (Å²) in [6, 6.07) is 15.6. The summed E-state index contributed by atoms with van der Waals surface area (Å²) < 4.78 is 66.5. The van der Waals surface area contributed by atoms with Gasteiger partial charge < -0.3 is 24.6 Å². The van der Waals surface area contributed by atoms with Crippen LogP contribution in [0, 0.1) is 17.3 Å². The summed E-state index contributed by atoms with van der Waals surface area (Å²) in [6.07, 6.45) is 1.57. The van der Waals surface area contributed by atoms with E-state index in [0.29, 0.717) is 40.9 Å². The van der Waals surface area contributed by atoms with Gasteiger partial charge >= 0.3 is 0 Å². The molecule has 62 heavy (non-hydrogen) atoms. The SMILES string of the molecule is C=C[C@@H]1C[C@]1(NC(=O)[C@@H]1C[C@@H](Oc2cc(-c3ccccc3)nc3cc(OC)ccc23)CN1C(=O)[C@@H](CC(=O)N1CCN(S(=O)(=O)CC)CC1)C(C)(C)C)C(=O)NS(=O)(=O)C1CC1. The molecule has 4 aliphatic rings. The van der Waals surface area contributed by atoms with Gasteiger partial charge in [0, 0.05) is 68.0 Å². The van der Waals surface area contributed by atoms with Crippen LogP contribution in [-0.4, -0.2) is 128 Å². The molecule has 3 aromatic rings. The molecule has 2 aliphatic heterocycles. The lowest BCUT2D eigenvalue weighted by atomic mass is 9.77. The van der Waals surface area contributed by atoms with Gasteiger partial charge in [0.05, 0.1) is 41.8 Å². The zero-order valence-corrected chi connectivity index (χ0v) is 37.5. The number of carbonyl (C=O) groups is 4. The van der Waals surface area contributed by atoms with Crippen LogP contribution in [0.3, 0.4) is 0 Å². The molecule has 0 unspecified atom stereocenters. The van der Waals surface area contributed by atoms with Gasteiger partial charge in [0.2, 0.25) is 37.8 Å². The highest BCUT2D eigenvalue weighted by atomic mass is 32.2. The van der Waals surface area contributed by atoms with Gasteiger partial charge in [-0.1, -0.05) is 57.2 Å². The molecule has 1 aromatic heterocycles. The standard InChI is InChI=1S/C44H56N6O10S2/c1-7-29-26-44(29,42(54)47-62(57,58)32-15-16-32)46-40(52)37-23-31(60-38-25-35(28-12-10-9-11-13-28)45-36-22-30(59-6)14-17-33(36)38)27-50(37)41(53)34(43(3,4)5)24-39(51)48-18-20-49(21-19-48)61(55,56)8-2/h7,9-14,17,22,25,29,31-32,34,37H,1,8,15-16,18-21,23-24,26-27H2,2-6H3,(H,46,52)(H,47,54)/t29-,31-,34-,37+,44-/m1/s1. The quantitative estimate of drug-likeness (QED) is 0.212. The van der Waals surface area contributed by atoms with Crippen LogP contribution in [0.4, 0.5) is 0 Å². The number of nitrogens with one attached hydrogen (secondary N) is 2. The Morgan fingerprint density at radius 1 is 1.00 bits per heavy atom. The summed E-state index contributed by atoms with van der Waals surface area (Å²) in [6.45, 7) is 11.5. The predicted octanol–water partition coefficient (Wildman–Crippen LogP) is 3.47. The minimum atomic E-state index is -3.94. The molecular weight excluding hydrogens is 837 g/mol. The Morgan fingerprint density at radius 3 is 2.29 bits per heavy atom. The predicted molar refractivity (Wildman–Crippen MR) is 233 cm³/mol. The van der Waals surface area contributed by atoms with E-state index in [1.807, 2.05) is 63.2 Å². The third-order valence-corrected chi connectivity index (χ3v) is 16.2. The van der Waals surface area contributed by atoms with Crippen LogP contribution in [0.15, 0.2) is 67.3 Å². The molecule has 0 bridgehead atoms. The fourth-order valence-corrected chi connectivity index (χ4v) is 10.8. The lowest BCUT2D eigenvalue weighted by Crippen LogP contribution is -2.57. The number of aromatic nitrogens is 1. The zero-order valence-electron chi connectivity index (χ0n) is 35.8. The number of sulfonamides is 2. The highest BCUT2D eigenvalue weighted by molar-refractivity contribution is 7.91. The number of nitrogens with zero attached hydrogens (tertiary/aromatic N) is 4. The number of ether oxygens (including phenoxy) is 2. The first-order valence-electron chi connectivity index (χ1n) is 21.1. The van der Waals surface area contributed by atoms with Crippen molar-refractivity contribution in [3.63, 3.8) is 0 Å². The van der Waals surface area contributed by atoms with Crippen LogP contribution >= 0.6 is 0 Å². The zero-order chi connectivity index (χ0) is 44.8. The molecule has 2 aliphatic carbocycles. The van der Waals surface area contributed by atoms with Crippen molar-refractivity contribution >= 4 is 54.6 Å². The molecule has 16 nitrogen and oxygen atoms in total. The number of hydrogen-bond donors (Lipinski definition) is 2. The average molecular weight is 893 g/mol. The van der Waals surface area contributed by atoms with Crippen molar-refractivity contribution in [2.45, 2.75) is 82.7 Å². The van der Waals surface area contributed by atoms with Gasteiger partial charge in [-0.05, 0) is 43.7 Å². The van der Waals surface area contributed by atoms with E-state index < -0.39 is 78.0 Å². The molecule has 3 heterocycles. The van der Waals surface area contributed by atoms with E-state index >= 15 is 4.79 Å². The third-order valence-electron chi connectivity index (χ3n) is 12.5. The summed E-state index contributed by atoms with van der Waals surface area (Å²) in [5.74, 6) is -2.78. The number of piperazine rings is 1. The lowest BCUT2D eigenvalue weighted by Gasteiger charge is -2.38. The molecule has 5 atom stereocenters. The van der Waals surface area contributed by atoms with E-state index in [-0.39, 0.29) is 63.6 Å². The molecule has 2 aromatic carbocycles. The second-order valence-corrected chi connectivity index (χ2v) is 21.9. The van der Waals surface area contributed by atoms with Gasteiger partial charge in [0.15, 0.2) is 0 Å². The number of fused-ring (bicyclic) bond motifs is 1. The first-order valence-corrected chi connectivity index (χ1v) is 24.2. The number of rotatable bonds is 15. The molecule has 18 heteroatoms. The van der Waals surface area contributed by atoms with Crippen LogP contribution in [0.1, 0.15) is 59.8 Å². The van der Waals surface area contributed by atoms with Crippen LogP contribution in [0.25, 0.3) is 22.2 Å². The molecule has 0 radical (unpaired) electrons. The average Bonchev–Trinajstić information content (AvgIpc) is 4.18. The third kappa shape index (κ3) is 9.32. The lowest BCUT2D eigenvalue weighted by molar-refractivity contribution is -0.148. The summed E-state index contributed by atoms with van der Waals surface area (Å²) in [5, 5.41) is 2.84. The van der Waals surface area contributed by atoms with Crippen molar-refractivity contribution in [1.29, 1.82) is 0 Å². The molecule has 334 valence electrons. The molecule has 4 amide bonds. The van der Waals surface area contributed by atoms with E-state index in [2.05, 4.69) is 16.6 Å². The summed E-state index contributed by atoms with van der Waals surface area (Å²) in [5.41, 5.74) is -0.306. The first-order chi connectivity index (χ1) is 29.3. The van der Waals surface area contributed by atoms with E-state index in [4.69, 9.17) is 14.5 Å². The van der Waals surface area contributed by atoms with E-state index in [9.17, 15) is 31.2 Å². The summed E-state index contributed by atoms with van der Waals surface area (Å²) in [4.78, 5) is 65.1. The number of likely N-dealkylation sites (tertiary alicyclic amines) is 1. The second kappa shape index (κ2) is 17.2. The molecule has 7 rings (SSSR count). The highest BCUT2D eigenvalue weighted by Gasteiger charge is 2.62. The number of amides is 4. The van der Waals surface area contributed by atoms with Crippen molar-refractivity contribution in [3.8, 4) is 22.8 Å². The summed E-state index contributed by atoms with van der Waals surface area (Å²) >= 11 is 0. The second-order valence-electron chi connectivity index (χ2n) is 17.7. The van der Waals surface area contributed by atoms with Crippen LogP contribution < -0.4 is 19.5 Å². The van der Waals surface area contributed by atoms with Crippen molar-refractivity contribution in [2.75, 3.05) is 45.6 Å². The number of hydrogen-bond acceptors (Lipinski definition) is 11. The normalized spacial score (nSPS) is 23.7. The molecular formula is C44H56N6O10S2. The smallest absolute Gasteiger partial charge is 0.259 e.